The molecule has 0 unspecified atom stereocenters. The van der Waals surface area contributed by atoms with Crippen LogP contribution in [-0.2, 0) is 14.3 Å². The van der Waals surface area contributed by atoms with E-state index in [4.69, 9.17) is 16.3 Å². The molecule has 3 aromatic rings. The van der Waals surface area contributed by atoms with Crippen LogP contribution in [0.5, 0.6) is 0 Å². The molecular weight excluding hydrogens is 520 g/mol. The summed E-state index contributed by atoms with van der Waals surface area (Å²) in [6.45, 7) is 3.73. The number of aromatic nitrogens is 4. The van der Waals surface area contributed by atoms with Crippen molar-refractivity contribution in [3.63, 3.8) is 0 Å². The second kappa shape index (κ2) is 14.0. The number of amides is 1. The lowest BCUT2D eigenvalue weighted by Crippen LogP contribution is -2.37. The summed E-state index contributed by atoms with van der Waals surface area (Å²) in [5, 5.41) is 10.3. The van der Waals surface area contributed by atoms with Gasteiger partial charge in [-0.3, -0.25) is 14.5 Å². The highest BCUT2D eigenvalue weighted by Crippen LogP contribution is 2.27. The lowest BCUT2D eigenvalue weighted by Gasteiger charge is -2.28. The minimum atomic E-state index is -0.230. The Hall–Kier alpha value is -3.57. The number of rotatable bonds is 12. The third-order valence-electron chi connectivity index (χ3n) is 6.62. The van der Waals surface area contributed by atoms with Crippen LogP contribution in [0.1, 0.15) is 39.0 Å². The summed E-state index contributed by atoms with van der Waals surface area (Å²) in [6, 6.07) is 7.56. The Balaban J connectivity index is 1.24. The SMILES string of the molecule is CCOC(=O)CN(C)CCCNC(=O)C1CCC(Nc2ncc3ncnc(Nc4cccc(Cl)c4)c3n2)CC1. The van der Waals surface area contributed by atoms with Gasteiger partial charge in [0.2, 0.25) is 11.9 Å². The van der Waals surface area contributed by atoms with Gasteiger partial charge in [0.05, 0.1) is 19.3 Å². The molecule has 4 rings (SSSR count). The molecule has 1 saturated carbocycles. The molecular formula is C27H35ClN8O3. The van der Waals surface area contributed by atoms with Gasteiger partial charge in [0, 0.05) is 35.8 Å². The minimum absolute atomic E-state index is 0.000248. The summed E-state index contributed by atoms with van der Waals surface area (Å²) >= 11 is 6.11. The van der Waals surface area contributed by atoms with Crippen molar-refractivity contribution in [2.75, 3.05) is 43.9 Å². The van der Waals surface area contributed by atoms with Gasteiger partial charge in [-0.2, -0.15) is 0 Å². The first-order valence-electron chi connectivity index (χ1n) is 13.3. The summed E-state index contributed by atoms with van der Waals surface area (Å²) < 4.78 is 4.96. The lowest BCUT2D eigenvalue weighted by atomic mass is 9.85. The zero-order valence-corrected chi connectivity index (χ0v) is 23.1. The summed E-state index contributed by atoms with van der Waals surface area (Å²) in [5.74, 6) is 0.940. The molecule has 39 heavy (non-hydrogen) atoms. The molecule has 208 valence electrons. The molecule has 0 saturated heterocycles. The number of fused-ring (bicyclic) bond motifs is 1. The van der Waals surface area contributed by atoms with E-state index in [-0.39, 0.29) is 30.4 Å². The first-order valence-corrected chi connectivity index (χ1v) is 13.7. The molecule has 0 atom stereocenters. The maximum absolute atomic E-state index is 12.7. The number of anilines is 3. The van der Waals surface area contributed by atoms with E-state index in [9.17, 15) is 9.59 Å². The molecule has 0 aliphatic heterocycles. The van der Waals surface area contributed by atoms with Crippen LogP contribution >= 0.6 is 11.6 Å². The molecule has 1 aliphatic carbocycles. The summed E-state index contributed by atoms with van der Waals surface area (Å²) in [7, 11) is 1.87. The van der Waals surface area contributed by atoms with E-state index in [1.54, 1.807) is 13.1 Å². The van der Waals surface area contributed by atoms with Gasteiger partial charge in [-0.25, -0.2) is 19.9 Å². The number of nitrogens with zero attached hydrogens (tertiary/aromatic N) is 5. The minimum Gasteiger partial charge on any atom is -0.465 e. The Kier molecular flexibility index (Phi) is 10.2. The van der Waals surface area contributed by atoms with Crippen molar-refractivity contribution in [2.45, 2.75) is 45.1 Å². The molecule has 0 radical (unpaired) electrons. The van der Waals surface area contributed by atoms with Crippen LogP contribution in [0.3, 0.4) is 0 Å². The Bertz CT molecular complexity index is 1270. The average molecular weight is 555 g/mol. The number of carbonyl (C=O) groups excluding carboxylic acids is 2. The third-order valence-corrected chi connectivity index (χ3v) is 6.85. The molecule has 0 spiro atoms. The Morgan fingerprint density at radius 1 is 1.15 bits per heavy atom. The maximum Gasteiger partial charge on any atom is 0.320 e. The van der Waals surface area contributed by atoms with Gasteiger partial charge in [-0.1, -0.05) is 17.7 Å². The number of likely N-dealkylation sites (N-methyl/N-ethyl adjacent to an activating group) is 1. The van der Waals surface area contributed by atoms with Gasteiger partial charge in [0.15, 0.2) is 5.82 Å². The van der Waals surface area contributed by atoms with Crippen LogP contribution in [-0.4, -0.2) is 76.0 Å². The van der Waals surface area contributed by atoms with Crippen LogP contribution < -0.4 is 16.0 Å². The molecule has 1 amide bonds. The first kappa shape index (κ1) is 28.4. The highest BCUT2D eigenvalue weighted by molar-refractivity contribution is 6.30. The fraction of sp³-hybridized carbons (Fsp3) is 0.481. The third kappa shape index (κ3) is 8.46. The molecule has 1 aliphatic rings. The largest absolute Gasteiger partial charge is 0.465 e. The second-order valence-corrected chi connectivity index (χ2v) is 10.1. The van der Waals surface area contributed by atoms with E-state index in [0.717, 1.165) is 37.8 Å². The van der Waals surface area contributed by atoms with Gasteiger partial charge < -0.3 is 20.7 Å². The Labute approximate surface area is 233 Å². The second-order valence-electron chi connectivity index (χ2n) is 9.67. The van der Waals surface area contributed by atoms with Crippen molar-refractivity contribution in [1.82, 2.24) is 30.2 Å². The van der Waals surface area contributed by atoms with Crippen LogP contribution in [0, 0.1) is 5.92 Å². The van der Waals surface area contributed by atoms with Crippen LogP contribution in [0.2, 0.25) is 5.02 Å². The molecule has 0 bridgehead atoms. The van der Waals surface area contributed by atoms with Gasteiger partial charge >= 0.3 is 5.97 Å². The fourth-order valence-electron chi connectivity index (χ4n) is 4.61. The zero-order chi connectivity index (χ0) is 27.6. The van der Waals surface area contributed by atoms with Gasteiger partial charge in [-0.05, 0) is 64.3 Å². The summed E-state index contributed by atoms with van der Waals surface area (Å²) in [4.78, 5) is 43.8. The van der Waals surface area contributed by atoms with Crippen molar-refractivity contribution in [3.05, 3.63) is 41.8 Å². The number of halogens is 1. The predicted octanol–water partition coefficient (Wildman–Crippen LogP) is 3.79. The van der Waals surface area contributed by atoms with E-state index >= 15 is 0 Å². The quantitative estimate of drug-likeness (QED) is 0.224. The zero-order valence-electron chi connectivity index (χ0n) is 22.3. The van der Waals surface area contributed by atoms with Crippen molar-refractivity contribution in [2.24, 2.45) is 5.92 Å². The Morgan fingerprint density at radius 2 is 1.97 bits per heavy atom. The van der Waals surface area contributed by atoms with E-state index in [1.165, 1.54) is 6.33 Å². The molecule has 11 nitrogen and oxygen atoms in total. The molecule has 12 heteroatoms. The summed E-state index contributed by atoms with van der Waals surface area (Å²) in [5.41, 5.74) is 2.04. The maximum atomic E-state index is 12.7. The number of benzene rings is 1. The molecule has 2 heterocycles. The standard InChI is InChI=1S/C27H35ClN8O3/c1-3-39-23(37)16-36(2)13-5-12-29-26(38)18-8-10-20(11-9-18)34-27-30-15-22-24(35-27)25(32-17-31-22)33-21-7-4-6-19(28)14-21/h4,6-7,14-15,17-18,20H,3,5,8-13,16H2,1-2H3,(H,29,38)(H,30,34,35)(H,31,32,33). The van der Waals surface area contributed by atoms with Crippen molar-refractivity contribution >= 4 is 52.0 Å². The fourth-order valence-corrected chi connectivity index (χ4v) is 4.80. The molecule has 1 aromatic carbocycles. The molecule has 1 fully saturated rings. The van der Waals surface area contributed by atoms with E-state index in [0.29, 0.717) is 47.5 Å². The van der Waals surface area contributed by atoms with Crippen LogP contribution in [0.15, 0.2) is 36.8 Å². The van der Waals surface area contributed by atoms with Crippen molar-refractivity contribution in [3.8, 4) is 0 Å². The number of nitrogens with one attached hydrogen (secondary N) is 3. The predicted molar refractivity (Wildman–Crippen MR) is 151 cm³/mol. The first-order chi connectivity index (χ1) is 18.9. The number of ether oxygens (including phenoxy) is 1. The average Bonchev–Trinajstić information content (AvgIpc) is 2.92. The number of hydrogen-bond donors (Lipinski definition) is 3. The molecule has 3 N–H and O–H groups in total. The normalized spacial score (nSPS) is 17.1. The topological polar surface area (TPSA) is 134 Å². The van der Waals surface area contributed by atoms with Gasteiger partial charge in [0.25, 0.3) is 0 Å². The lowest BCUT2D eigenvalue weighted by molar-refractivity contribution is -0.144. The number of hydrogen-bond acceptors (Lipinski definition) is 10. The Morgan fingerprint density at radius 3 is 2.74 bits per heavy atom. The van der Waals surface area contributed by atoms with Gasteiger partial charge in [0.1, 0.15) is 17.4 Å². The highest BCUT2D eigenvalue weighted by atomic mass is 35.5. The van der Waals surface area contributed by atoms with Crippen molar-refractivity contribution < 1.29 is 14.3 Å². The van der Waals surface area contributed by atoms with E-state index < -0.39 is 0 Å². The smallest absolute Gasteiger partial charge is 0.320 e. The molecule has 2 aromatic heterocycles. The van der Waals surface area contributed by atoms with Gasteiger partial charge in [-0.15, -0.1) is 0 Å². The number of carbonyl (C=O) groups is 2. The van der Waals surface area contributed by atoms with E-state index in [2.05, 4.69) is 35.9 Å². The summed E-state index contributed by atoms with van der Waals surface area (Å²) in [6.07, 6.45) is 7.21. The van der Waals surface area contributed by atoms with Crippen LogP contribution in [0.25, 0.3) is 11.0 Å². The number of esters is 1. The highest BCUT2D eigenvalue weighted by Gasteiger charge is 2.26. The van der Waals surface area contributed by atoms with E-state index in [1.807, 2.05) is 36.2 Å². The van der Waals surface area contributed by atoms with Crippen LogP contribution in [0.4, 0.5) is 17.5 Å². The monoisotopic (exact) mass is 554 g/mol. The van der Waals surface area contributed by atoms with Crippen molar-refractivity contribution in [1.29, 1.82) is 0 Å².